The van der Waals surface area contributed by atoms with Crippen molar-refractivity contribution in [1.29, 1.82) is 0 Å². The number of nitrogens with zero attached hydrogens (tertiary/aromatic N) is 1. The van der Waals surface area contributed by atoms with Gasteiger partial charge in [-0.25, -0.2) is 0 Å². The predicted molar refractivity (Wildman–Crippen MR) is 90.8 cm³/mol. The molecule has 3 heteroatoms. The third kappa shape index (κ3) is 4.17. The fourth-order valence-electron chi connectivity index (χ4n) is 3.17. The van der Waals surface area contributed by atoms with E-state index in [1.54, 1.807) is 0 Å². The molecule has 2 rings (SSSR count). The molecular formula is C19H29NO2. The summed E-state index contributed by atoms with van der Waals surface area (Å²) in [7, 11) is 2.15. The number of likely N-dealkylation sites (N-methyl/N-ethyl adjacent to an activating group) is 1. The van der Waals surface area contributed by atoms with Crippen molar-refractivity contribution in [2.45, 2.75) is 52.2 Å². The first-order chi connectivity index (χ1) is 10.5. The molecular weight excluding hydrogens is 274 g/mol. The molecule has 2 aliphatic rings. The summed E-state index contributed by atoms with van der Waals surface area (Å²) in [5.41, 5.74) is 3.15. The summed E-state index contributed by atoms with van der Waals surface area (Å²) in [5, 5.41) is 0. The molecule has 0 aromatic rings. The highest BCUT2D eigenvalue weighted by atomic mass is 16.5. The van der Waals surface area contributed by atoms with E-state index >= 15 is 0 Å². The van der Waals surface area contributed by atoms with Crippen molar-refractivity contribution in [3.8, 4) is 0 Å². The van der Waals surface area contributed by atoms with Crippen molar-refractivity contribution in [2.24, 2.45) is 5.92 Å². The van der Waals surface area contributed by atoms with E-state index in [0.29, 0.717) is 12.0 Å². The Kier molecular flexibility index (Phi) is 6.16. The number of hydrogen-bond acceptors (Lipinski definition) is 3. The Morgan fingerprint density at radius 1 is 1.41 bits per heavy atom. The molecule has 0 radical (unpaired) electrons. The van der Waals surface area contributed by atoms with Gasteiger partial charge in [-0.15, -0.1) is 0 Å². The average molecular weight is 303 g/mol. The average Bonchev–Trinajstić information content (AvgIpc) is 2.65. The number of hydrogen-bond donors (Lipinski definition) is 0. The van der Waals surface area contributed by atoms with Crippen LogP contribution in [0, 0.1) is 5.92 Å². The lowest BCUT2D eigenvalue weighted by atomic mass is 9.89. The van der Waals surface area contributed by atoms with Crippen LogP contribution in [0.2, 0.25) is 0 Å². The van der Waals surface area contributed by atoms with E-state index in [9.17, 15) is 4.79 Å². The van der Waals surface area contributed by atoms with Crippen molar-refractivity contribution in [3.63, 3.8) is 0 Å². The van der Waals surface area contributed by atoms with E-state index in [0.717, 1.165) is 49.8 Å². The van der Waals surface area contributed by atoms with Crippen molar-refractivity contribution in [2.75, 3.05) is 20.2 Å². The van der Waals surface area contributed by atoms with Crippen LogP contribution < -0.4 is 0 Å². The number of aldehydes is 1. The van der Waals surface area contributed by atoms with Gasteiger partial charge in [0.05, 0.1) is 12.7 Å². The first-order valence-electron chi connectivity index (χ1n) is 8.45. The van der Waals surface area contributed by atoms with Crippen LogP contribution in [0.5, 0.6) is 0 Å². The number of ether oxygens (including phenoxy) is 1. The van der Waals surface area contributed by atoms with Crippen LogP contribution in [0.25, 0.3) is 0 Å². The largest absolute Gasteiger partial charge is 0.372 e. The molecule has 0 aromatic carbocycles. The number of rotatable bonds is 3. The zero-order valence-corrected chi connectivity index (χ0v) is 14.3. The van der Waals surface area contributed by atoms with Gasteiger partial charge in [-0.2, -0.15) is 0 Å². The molecule has 1 saturated heterocycles. The van der Waals surface area contributed by atoms with Gasteiger partial charge in [-0.3, -0.25) is 4.79 Å². The van der Waals surface area contributed by atoms with Crippen LogP contribution in [-0.4, -0.2) is 43.5 Å². The quantitative estimate of drug-likeness (QED) is 0.747. The molecule has 1 aliphatic carbocycles. The zero-order chi connectivity index (χ0) is 16.1. The maximum atomic E-state index is 11.5. The lowest BCUT2D eigenvalue weighted by molar-refractivity contribution is -0.104. The molecule has 1 fully saturated rings. The highest BCUT2D eigenvalue weighted by Crippen LogP contribution is 2.27. The van der Waals surface area contributed by atoms with Crippen molar-refractivity contribution in [1.82, 2.24) is 4.90 Å². The third-order valence-corrected chi connectivity index (χ3v) is 4.86. The Hall–Kier alpha value is -1.19. The van der Waals surface area contributed by atoms with Crippen LogP contribution in [0.4, 0.5) is 0 Å². The van der Waals surface area contributed by atoms with E-state index in [1.807, 2.05) is 0 Å². The standard InChI is InChI=1S/C19H29NO2/c1-5-16-7-6-14(2)10-17(12-18(16)13-21)19-11-15(3)20(4)8-9-22-19/h7,10,12-15,19H,5-6,8-9,11H2,1-4H3/b16-7+,17-10-,18-12-. The molecule has 0 amide bonds. The Morgan fingerprint density at radius 3 is 2.86 bits per heavy atom. The second kappa shape index (κ2) is 7.89. The monoisotopic (exact) mass is 303 g/mol. The van der Waals surface area contributed by atoms with Gasteiger partial charge in [0, 0.05) is 18.2 Å². The van der Waals surface area contributed by atoms with Gasteiger partial charge in [0.25, 0.3) is 0 Å². The first kappa shape index (κ1) is 17.2. The number of carbonyl (C=O) groups excluding carboxylic acids is 1. The Balaban J connectivity index is 2.32. The second-order valence-electron chi connectivity index (χ2n) is 6.60. The number of carbonyl (C=O) groups is 1. The second-order valence-corrected chi connectivity index (χ2v) is 6.60. The SMILES string of the molecule is CCC1=C\CC(C)/C=C(C2CC(C)N(C)CCO2)/C=C\1C=O. The van der Waals surface area contributed by atoms with Crippen LogP contribution in [0.3, 0.4) is 0 Å². The van der Waals surface area contributed by atoms with Gasteiger partial charge >= 0.3 is 0 Å². The van der Waals surface area contributed by atoms with Crippen LogP contribution in [0.15, 0.2) is 34.9 Å². The van der Waals surface area contributed by atoms with Crippen molar-refractivity contribution in [3.05, 3.63) is 34.9 Å². The van der Waals surface area contributed by atoms with E-state index in [-0.39, 0.29) is 6.10 Å². The summed E-state index contributed by atoms with van der Waals surface area (Å²) >= 11 is 0. The summed E-state index contributed by atoms with van der Waals surface area (Å²) in [5.74, 6) is 0.473. The Bertz CT molecular complexity index is 490. The van der Waals surface area contributed by atoms with Crippen molar-refractivity contribution < 1.29 is 9.53 Å². The molecule has 0 saturated carbocycles. The molecule has 0 bridgehead atoms. The maximum absolute atomic E-state index is 11.5. The molecule has 0 N–H and O–H groups in total. The fraction of sp³-hybridized carbons (Fsp3) is 0.632. The first-order valence-corrected chi connectivity index (χ1v) is 8.45. The molecule has 0 spiro atoms. The summed E-state index contributed by atoms with van der Waals surface area (Å²) in [4.78, 5) is 13.8. The highest BCUT2D eigenvalue weighted by molar-refractivity contribution is 5.81. The Morgan fingerprint density at radius 2 is 2.18 bits per heavy atom. The third-order valence-electron chi connectivity index (χ3n) is 4.86. The van der Waals surface area contributed by atoms with E-state index in [1.165, 1.54) is 5.57 Å². The van der Waals surface area contributed by atoms with Gasteiger partial charge in [-0.1, -0.05) is 26.0 Å². The van der Waals surface area contributed by atoms with Gasteiger partial charge in [0.2, 0.25) is 0 Å². The van der Waals surface area contributed by atoms with Gasteiger partial charge in [0.15, 0.2) is 0 Å². The van der Waals surface area contributed by atoms with Crippen LogP contribution in [0.1, 0.15) is 40.0 Å². The zero-order valence-electron chi connectivity index (χ0n) is 14.3. The predicted octanol–water partition coefficient (Wildman–Crippen LogP) is 3.52. The van der Waals surface area contributed by atoms with Crippen LogP contribution >= 0.6 is 0 Å². The minimum atomic E-state index is 0.0913. The maximum Gasteiger partial charge on any atom is 0.150 e. The highest BCUT2D eigenvalue weighted by Gasteiger charge is 2.24. The molecule has 0 aromatic heterocycles. The molecule has 22 heavy (non-hydrogen) atoms. The summed E-state index contributed by atoms with van der Waals surface area (Å²) in [6.45, 7) is 8.30. The van der Waals surface area contributed by atoms with Gasteiger partial charge in [-0.05, 0) is 56.4 Å². The summed E-state index contributed by atoms with van der Waals surface area (Å²) in [6.07, 6.45) is 10.5. The lowest BCUT2D eigenvalue weighted by Gasteiger charge is -2.24. The molecule has 1 aliphatic heterocycles. The van der Waals surface area contributed by atoms with E-state index < -0.39 is 0 Å². The topological polar surface area (TPSA) is 29.5 Å². The van der Waals surface area contributed by atoms with Gasteiger partial charge in [0.1, 0.15) is 6.29 Å². The Labute approximate surface area is 134 Å². The van der Waals surface area contributed by atoms with Crippen LogP contribution in [-0.2, 0) is 9.53 Å². The summed E-state index contributed by atoms with van der Waals surface area (Å²) in [6, 6.07) is 0.489. The molecule has 122 valence electrons. The van der Waals surface area contributed by atoms with E-state index in [2.05, 4.69) is 50.9 Å². The van der Waals surface area contributed by atoms with Gasteiger partial charge < -0.3 is 9.64 Å². The fourth-order valence-corrected chi connectivity index (χ4v) is 3.17. The van der Waals surface area contributed by atoms with Crippen molar-refractivity contribution >= 4 is 6.29 Å². The minimum absolute atomic E-state index is 0.0913. The summed E-state index contributed by atoms with van der Waals surface area (Å²) < 4.78 is 6.10. The number of allylic oxidation sites excluding steroid dienone is 4. The molecule has 3 unspecified atom stereocenters. The van der Waals surface area contributed by atoms with E-state index in [4.69, 9.17) is 4.74 Å². The minimum Gasteiger partial charge on any atom is -0.372 e. The lowest BCUT2D eigenvalue weighted by Crippen LogP contribution is -2.30. The smallest absolute Gasteiger partial charge is 0.150 e. The molecule has 3 atom stereocenters. The normalized spacial score (nSPS) is 38.4. The molecule has 1 heterocycles. The molecule has 3 nitrogen and oxygen atoms in total.